The molecule has 1 aromatic carbocycles. The van der Waals surface area contributed by atoms with Crippen LogP contribution in [0.4, 0.5) is 10.1 Å². The highest BCUT2D eigenvalue weighted by atomic mass is 19.1. The normalized spacial score (nSPS) is 10.5. The van der Waals surface area contributed by atoms with Crippen LogP contribution in [0, 0.1) is 12.7 Å². The maximum absolute atomic E-state index is 14.1. The Morgan fingerprint density at radius 2 is 2.00 bits per heavy atom. The van der Waals surface area contributed by atoms with Crippen LogP contribution in [0.25, 0.3) is 0 Å². The van der Waals surface area contributed by atoms with Crippen LogP contribution in [0.3, 0.4) is 0 Å². The first-order chi connectivity index (χ1) is 9.27. The first-order valence-electron chi connectivity index (χ1n) is 6.21. The number of nitrogen functional groups attached to an aromatic ring is 1. The first kappa shape index (κ1) is 15.9. The second-order valence-corrected chi connectivity index (χ2v) is 4.80. The Hall–Kier alpha value is -2.11. The van der Waals surface area contributed by atoms with E-state index in [0.29, 0.717) is 5.69 Å². The Morgan fingerprint density at radius 3 is 2.50 bits per heavy atom. The minimum atomic E-state index is -0.625. The molecular formula is C14H19FN2O3. The van der Waals surface area contributed by atoms with Crippen molar-refractivity contribution in [1.82, 2.24) is 4.90 Å². The molecule has 0 radical (unpaired) electrons. The maximum Gasteiger partial charge on any atom is 0.325 e. The van der Waals surface area contributed by atoms with Gasteiger partial charge in [-0.15, -0.1) is 0 Å². The minimum absolute atomic E-state index is 0.139. The number of amides is 1. The molecule has 0 unspecified atom stereocenters. The van der Waals surface area contributed by atoms with Gasteiger partial charge in [0.05, 0.1) is 12.7 Å². The Morgan fingerprint density at radius 1 is 1.40 bits per heavy atom. The third-order valence-corrected chi connectivity index (χ3v) is 2.92. The molecule has 0 saturated carbocycles. The molecule has 1 rings (SSSR count). The van der Waals surface area contributed by atoms with E-state index in [1.165, 1.54) is 31.1 Å². The van der Waals surface area contributed by atoms with Gasteiger partial charge in [-0.3, -0.25) is 9.59 Å². The molecule has 0 aliphatic heterocycles. The molecule has 1 amide bonds. The molecule has 0 bridgehead atoms. The van der Waals surface area contributed by atoms with Crippen molar-refractivity contribution >= 4 is 17.6 Å². The highest BCUT2D eigenvalue weighted by molar-refractivity contribution is 5.97. The number of hydrogen-bond acceptors (Lipinski definition) is 4. The summed E-state index contributed by atoms with van der Waals surface area (Å²) in [5, 5.41) is 0. The quantitative estimate of drug-likeness (QED) is 0.674. The third-order valence-electron chi connectivity index (χ3n) is 2.92. The number of esters is 1. The monoisotopic (exact) mass is 282 g/mol. The lowest BCUT2D eigenvalue weighted by molar-refractivity contribution is -0.141. The van der Waals surface area contributed by atoms with Crippen LogP contribution >= 0.6 is 0 Å². The highest BCUT2D eigenvalue weighted by Gasteiger charge is 2.25. The average molecular weight is 282 g/mol. The second kappa shape index (κ2) is 6.36. The van der Waals surface area contributed by atoms with Crippen molar-refractivity contribution in [1.29, 1.82) is 0 Å². The number of aryl methyl sites for hydroxylation is 1. The Balaban J connectivity index is 3.16. The zero-order valence-electron chi connectivity index (χ0n) is 12.1. The molecule has 0 aliphatic carbocycles. The zero-order chi connectivity index (χ0) is 15.4. The van der Waals surface area contributed by atoms with Gasteiger partial charge in [-0.25, -0.2) is 4.39 Å². The van der Waals surface area contributed by atoms with E-state index < -0.39 is 17.7 Å². The van der Waals surface area contributed by atoms with Crippen molar-refractivity contribution in [3.05, 3.63) is 29.1 Å². The van der Waals surface area contributed by atoms with Crippen LogP contribution in [0.5, 0.6) is 0 Å². The molecular weight excluding hydrogens is 263 g/mol. The van der Waals surface area contributed by atoms with Gasteiger partial charge in [0, 0.05) is 11.7 Å². The van der Waals surface area contributed by atoms with E-state index in [0.717, 1.165) is 0 Å². The summed E-state index contributed by atoms with van der Waals surface area (Å²) < 4.78 is 18.6. The number of benzene rings is 1. The zero-order valence-corrected chi connectivity index (χ0v) is 12.1. The van der Waals surface area contributed by atoms with E-state index in [1.54, 1.807) is 13.8 Å². The Bertz CT molecular complexity index is 529. The van der Waals surface area contributed by atoms with E-state index in [4.69, 9.17) is 5.73 Å². The number of carbonyl (C=O) groups excluding carboxylic acids is 2. The van der Waals surface area contributed by atoms with Gasteiger partial charge in [0.15, 0.2) is 0 Å². The van der Waals surface area contributed by atoms with E-state index in [1.807, 2.05) is 0 Å². The van der Waals surface area contributed by atoms with Crippen LogP contribution < -0.4 is 5.73 Å². The predicted molar refractivity (Wildman–Crippen MR) is 73.7 cm³/mol. The minimum Gasteiger partial charge on any atom is -0.468 e. The third kappa shape index (κ3) is 3.46. The molecule has 20 heavy (non-hydrogen) atoms. The van der Waals surface area contributed by atoms with Crippen LogP contribution in [-0.4, -0.2) is 36.5 Å². The molecule has 0 aliphatic rings. The molecule has 110 valence electrons. The fraction of sp³-hybridized carbons (Fsp3) is 0.429. The topological polar surface area (TPSA) is 72.6 Å². The van der Waals surface area contributed by atoms with E-state index in [9.17, 15) is 14.0 Å². The molecule has 0 aromatic heterocycles. The number of halogens is 1. The lowest BCUT2D eigenvalue weighted by Gasteiger charge is -2.26. The molecule has 0 fully saturated rings. The lowest BCUT2D eigenvalue weighted by Crippen LogP contribution is -2.41. The van der Waals surface area contributed by atoms with Gasteiger partial charge in [-0.2, -0.15) is 0 Å². The molecule has 5 nitrogen and oxygen atoms in total. The molecule has 1 aromatic rings. The predicted octanol–water partition coefficient (Wildman–Crippen LogP) is 1.74. The van der Waals surface area contributed by atoms with Gasteiger partial charge >= 0.3 is 5.97 Å². The number of anilines is 1. The Labute approximate surface area is 117 Å². The largest absolute Gasteiger partial charge is 0.468 e. The van der Waals surface area contributed by atoms with E-state index in [-0.39, 0.29) is 23.7 Å². The summed E-state index contributed by atoms with van der Waals surface area (Å²) in [7, 11) is 1.23. The summed E-state index contributed by atoms with van der Waals surface area (Å²) in [6, 6.07) is 2.45. The summed E-state index contributed by atoms with van der Waals surface area (Å²) >= 11 is 0. The number of nitrogens with two attached hydrogens (primary N) is 1. The van der Waals surface area contributed by atoms with Crippen molar-refractivity contribution in [2.24, 2.45) is 0 Å². The van der Waals surface area contributed by atoms with Crippen molar-refractivity contribution in [3.63, 3.8) is 0 Å². The van der Waals surface area contributed by atoms with Crippen molar-refractivity contribution < 1.29 is 18.7 Å². The van der Waals surface area contributed by atoms with Crippen LogP contribution in [0.1, 0.15) is 29.8 Å². The molecule has 6 heteroatoms. The van der Waals surface area contributed by atoms with Crippen LogP contribution in [-0.2, 0) is 9.53 Å². The summed E-state index contributed by atoms with van der Waals surface area (Å²) in [6.45, 7) is 4.76. The average Bonchev–Trinajstić information content (AvgIpc) is 2.38. The van der Waals surface area contributed by atoms with Crippen LogP contribution in [0.15, 0.2) is 12.1 Å². The van der Waals surface area contributed by atoms with Gasteiger partial charge < -0.3 is 15.4 Å². The second-order valence-electron chi connectivity index (χ2n) is 4.80. The van der Waals surface area contributed by atoms with Crippen molar-refractivity contribution in [3.8, 4) is 0 Å². The van der Waals surface area contributed by atoms with E-state index >= 15 is 0 Å². The maximum atomic E-state index is 14.1. The van der Waals surface area contributed by atoms with Crippen LogP contribution in [0.2, 0.25) is 0 Å². The number of nitrogens with zero attached hydrogens (tertiary/aromatic N) is 1. The molecule has 0 heterocycles. The molecule has 0 saturated heterocycles. The standard InChI is InChI=1S/C14H19FN2O3/c1-8(2)17(7-12(18)20-4)14(19)11-6-10(16)5-9(3)13(11)15/h5-6,8H,7,16H2,1-4H3. The van der Waals surface area contributed by atoms with Gasteiger partial charge in [-0.1, -0.05) is 0 Å². The number of rotatable bonds is 4. The molecule has 0 spiro atoms. The lowest BCUT2D eigenvalue weighted by atomic mass is 10.1. The van der Waals surface area contributed by atoms with Gasteiger partial charge in [0.1, 0.15) is 12.4 Å². The summed E-state index contributed by atoms with van der Waals surface area (Å²) in [5.74, 6) is -1.77. The SMILES string of the molecule is COC(=O)CN(C(=O)c1cc(N)cc(C)c1F)C(C)C. The number of methoxy groups -OCH3 is 1. The number of hydrogen-bond donors (Lipinski definition) is 1. The number of carbonyl (C=O) groups is 2. The number of ether oxygens (including phenoxy) is 1. The summed E-state index contributed by atoms with van der Waals surface area (Å²) in [5.41, 5.74) is 6.09. The van der Waals surface area contributed by atoms with Gasteiger partial charge in [0.25, 0.3) is 5.91 Å². The summed E-state index contributed by atoms with van der Waals surface area (Å²) in [6.07, 6.45) is 0. The van der Waals surface area contributed by atoms with Gasteiger partial charge in [-0.05, 0) is 38.5 Å². The van der Waals surface area contributed by atoms with E-state index in [2.05, 4.69) is 4.74 Å². The smallest absolute Gasteiger partial charge is 0.325 e. The van der Waals surface area contributed by atoms with Gasteiger partial charge in [0.2, 0.25) is 0 Å². The van der Waals surface area contributed by atoms with Crippen molar-refractivity contribution in [2.45, 2.75) is 26.8 Å². The molecule has 0 atom stereocenters. The summed E-state index contributed by atoms with van der Waals surface area (Å²) in [4.78, 5) is 25.0. The highest BCUT2D eigenvalue weighted by Crippen LogP contribution is 2.19. The Kier molecular flexibility index (Phi) is 5.07. The fourth-order valence-corrected chi connectivity index (χ4v) is 1.80. The first-order valence-corrected chi connectivity index (χ1v) is 6.21. The fourth-order valence-electron chi connectivity index (χ4n) is 1.80. The van der Waals surface area contributed by atoms with Crippen molar-refractivity contribution in [2.75, 3.05) is 19.4 Å². The molecule has 2 N–H and O–H groups in total.